The molecule has 1 heterocycles. The average Bonchev–Trinajstić information content (AvgIpc) is 2.46. The highest BCUT2D eigenvalue weighted by atomic mass is 16.5. The third-order valence-corrected chi connectivity index (χ3v) is 3.74. The van der Waals surface area contributed by atoms with Gasteiger partial charge in [0.2, 0.25) is 0 Å². The van der Waals surface area contributed by atoms with Crippen LogP contribution in [0.25, 0.3) is 0 Å². The molecule has 1 aliphatic heterocycles. The Bertz CT molecular complexity index is 397. The summed E-state index contributed by atoms with van der Waals surface area (Å²) in [6.07, 6.45) is 1.000. The predicted molar refractivity (Wildman–Crippen MR) is 78.2 cm³/mol. The first kappa shape index (κ1) is 15.3. The number of hydrogen-bond donors (Lipinski definition) is 2. The molecule has 1 aliphatic rings. The van der Waals surface area contributed by atoms with Crippen molar-refractivity contribution in [3.05, 3.63) is 29.8 Å². The van der Waals surface area contributed by atoms with Crippen LogP contribution in [-0.4, -0.2) is 44.6 Å². The fraction of sp³-hybridized carbons (Fsp3) is 0.625. The van der Waals surface area contributed by atoms with Crippen molar-refractivity contribution in [3.63, 3.8) is 0 Å². The number of rotatable bonds is 6. The minimum atomic E-state index is -0.810. The van der Waals surface area contributed by atoms with E-state index in [-0.39, 0.29) is 0 Å². The molecule has 0 aromatic heterocycles. The van der Waals surface area contributed by atoms with Crippen LogP contribution < -0.4 is 9.64 Å². The van der Waals surface area contributed by atoms with Crippen molar-refractivity contribution in [1.82, 2.24) is 0 Å². The van der Waals surface area contributed by atoms with Gasteiger partial charge in [-0.25, -0.2) is 0 Å². The third kappa shape index (κ3) is 4.20. The van der Waals surface area contributed by atoms with Gasteiger partial charge in [0.15, 0.2) is 0 Å². The Morgan fingerprint density at radius 1 is 1.25 bits per heavy atom. The van der Waals surface area contributed by atoms with Crippen LogP contribution in [-0.2, 0) is 10.3 Å². The monoisotopic (exact) mass is 280 g/mol. The first-order chi connectivity index (χ1) is 9.62. The second kappa shape index (κ2) is 7.07. The molecule has 0 bridgehead atoms. The number of ether oxygens (including phenoxy) is 2. The second-order valence-corrected chi connectivity index (χ2v) is 5.69. The van der Waals surface area contributed by atoms with Gasteiger partial charge in [-0.3, -0.25) is 0 Å². The molecule has 2 rings (SSSR count). The zero-order chi connectivity index (χ0) is 14.4. The Labute approximate surface area is 121 Å². The molecule has 0 radical (unpaired) electrons. The van der Waals surface area contributed by atoms with E-state index in [0.717, 1.165) is 50.6 Å². The number of morpholine rings is 1. The van der Waals surface area contributed by atoms with E-state index >= 15 is 0 Å². The fourth-order valence-electron chi connectivity index (χ4n) is 2.56. The molecule has 0 unspecified atom stereocenters. The molecule has 112 valence electrons. The van der Waals surface area contributed by atoms with E-state index in [0.29, 0.717) is 6.54 Å². The van der Waals surface area contributed by atoms with E-state index in [1.54, 1.807) is 0 Å². The molecule has 1 aromatic rings. The molecule has 4 nitrogen and oxygen atoms in total. The zero-order valence-electron chi connectivity index (χ0n) is 12.5. The number of hydrogen-bond acceptors (Lipinski definition) is 3. The molecule has 1 atom stereocenters. The molecule has 0 amide bonds. The highest BCUT2D eigenvalue weighted by Crippen LogP contribution is 2.22. The van der Waals surface area contributed by atoms with Gasteiger partial charge >= 0.3 is 0 Å². The molecular weight excluding hydrogens is 254 g/mol. The Morgan fingerprint density at radius 2 is 1.90 bits per heavy atom. The number of aliphatic hydroxyl groups is 1. The van der Waals surface area contributed by atoms with E-state index in [1.165, 1.54) is 4.90 Å². The molecule has 0 spiro atoms. The minimum Gasteiger partial charge on any atom is -0.494 e. The van der Waals surface area contributed by atoms with Gasteiger partial charge in [0.05, 0.1) is 19.8 Å². The summed E-state index contributed by atoms with van der Waals surface area (Å²) in [7, 11) is 0. The normalized spacial score (nSPS) is 19.6. The third-order valence-electron chi connectivity index (χ3n) is 3.74. The molecule has 1 fully saturated rings. The molecule has 0 saturated carbocycles. The fourth-order valence-corrected chi connectivity index (χ4v) is 2.56. The van der Waals surface area contributed by atoms with E-state index in [1.807, 2.05) is 31.2 Å². The van der Waals surface area contributed by atoms with Gasteiger partial charge in [-0.2, -0.15) is 0 Å². The van der Waals surface area contributed by atoms with Crippen molar-refractivity contribution in [2.24, 2.45) is 0 Å². The van der Waals surface area contributed by atoms with Crippen LogP contribution in [0.1, 0.15) is 25.8 Å². The van der Waals surface area contributed by atoms with Crippen molar-refractivity contribution in [2.75, 3.05) is 39.5 Å². The quantitative estimate of drug-likeness (QED) is 0.802. The van der Waals surface area contributed by atoms with Crippen molar-refractivity contribution in [2.45, 2.75) is 25.9 Å². The topological polar surface area (TPSA) is 43.1 Å². The number of quaternary nitrogens is 1. The standard InChI is InChI=1S/C16H25NO3/c1-3-10-20-15-6-4-14(5-7-15)16(2,18)13-17-8-11-19-12-9-17/h4-7,18H,3,8-13H2,1-2H3/p+1/t16-/m0/s1. The van der Waals surface area contributed by atoms with E-state index in [4.69, 9.17) is 9.47 Å². The molecule has 20 heavy (non-hydrogen) atoms. The van der Waals surface area contributed by atoms with Gasteiger partial charge in [-0.1, -0.05) is 19.1 Å². The predicted octanol–water partition coefficient (Wildman–Crippen LogP) is 0.598. The Kier molecular flexibility index (Phi) is 5.40. The van der Waals surface area contributed by atoms with Gasteiger partial charge in [0.25, 0.3) is 0 Å². The lowest BCUT2D eigenvalue weighted by atomic mass is 9.95. The Balaban J connectivity index is 1.96. The molecule has 1 saturated heterocycles. The molecule has 2 N–H and O–H groups in total. The summed E-state index contributed by atoms with van der Waals surface area (Å²) in [5, 5.41) is 10.7. The summed E-state index contributed by atoms with van der Waals surface area (Å²) in [6.45, 7) is 8.92. The zero-order valence-corrected chi connectivity index (χ0v) is 12.5. The maximum atomic E-state index is 10.7. The number of benzene rings is 1. The van der Waals surface area contributed by atoms with Gasteiger partial charge in [0, 0.05) is 0 Å². The van der Waals surface area contributed by atoms with Crippen LogP contribution in [0.4, 0.5) is 0 Å². The highest BCUT2D eigenvalue weighted by Gasteiger charge is 2.30. The van der Waals surface area contributed by atoms with Gasteiger partial charge in [-0.05, 0) is 31.0 Å². The van der Waals surface area contributed by atoms with Crippen LogP contribution in [0.15, 0.2) is 24.3 Å². The van der Waals surface area contributed by atoms with Gasteiger partial charge in [-0.15, -0.1) is 0 Å². The lowest BCUT2D eigenvalue weighted by Gasteiger charge is -2.31. The smallest absolute Gasteiger partial charge is 0.135 e. The SMILES string of the molecule is CCCOc1ccc([C@@](C)(O)C[NH+]2CCOCC2)cc1. The first-order valence-electron chi connectivity index (χ1n) is 7.49. The minimum absolute atomic E-state index is 0.714. The largest absolute Gasteiger partial charge is 0.494 e. The van der Waals surface area contributed by atoms with Gasteiger partial charge < -0.3 is 19.5 Å². The first-order valence-corrected chi connectivity index (χ1v) is 7.49. The highest BCUT2D eigenvalue weighted by molar-refractivity contribution is 5.30. The molecule has 4 heteroatoms. The molecule has 1 aromatic carbocycles. The number of nitrogens with one attached hydrogen (secondary N) is 1. The van der Waals surface area contributed by atoms with E-state index in [2.05, 4.69) is 6.92 Å². The van der Waals surface area contributed by atoms with Crippen LogP contribution in [0.2, 0.25) is 0 Å². The Morgan fingerprint density at radius 3 is 2.50 bits per heavy atom. The van der Waals surface area contributed by atoms with Crippen molar-refractivity contribution in [1.29, 1.82) is 0 Å². The van der Waals surface area contributed by atoms with Crippen LogP contribution in [0.3, 0.4) is 0 Å². The maximum Gasteiger partial charge on any atom is 0.135 e. The summed E-state index contributed by atoms with van der Waals surface area (Å²) in [6, 6.07) is 7.80. The van der Waals surface area contributed by atoms with E-state index < -0.39 is 5.60 Å². The van der Waals surface area contributed by atoms with Crippen LogP contribution >= 0.6 is 0 Å². The average molecular weight is 280 g/mol. The summed E-state index contributed by atoms with van der Waals surface area (Å²) in [5.41, 5.74) is 0.135. The summed E-state index contributed by atoms with van der Waals surface area (Å²) in [4.78, 5) is 1.40. The van der Waals surface area contributed by atoms with Crippen LogP contribution in [0.5, 0.6) is 5.75 Å². The van der Waals surface area contributed by atoms with E-state index in [9.17, 15) is 5.11 Å². The van der Waals surface area contributed by atoms with Crippen molar-refractivity contribution >= 4 is 0 Å². The second-order valence-electron chi connectivity index (χ2n) is 5.69. The van der Waals surface area contributed by atoms with Gasteiger partial charge in [0.1, 0.15) is 31.0 Å². The van der Waals surface area contributed by atoms with Crippen LogP contribution in [0, 0.1) is 0 Å². The Hall–Kier alpha value is -1.10. The summed E-state index contributed by atoms with van der Waals surface area (Å²) in [5.74, 6) is 0.866. The molecular formula is C16H26NO3+. The maximum absolute atomic E-state index is 10.7. The lowest BCUT2D eigenvalue weighted by molar-refractivity contribution is -0.915. The van der Waals surface area contributed by atoms with Crippen molar-refractivity contribution in [3.8, 4) is 5.75 Å². The van der Waals surface area contributed by atoms with Crippen molar-refractivity contribution < 1.29 is 19.5 Å². The lowest BCUT2D eigenvalue weighted by Crippen LogP contribution is -3.15. The summed E-state index contributed by atoms with van der Waals surface area (Å²) >= 11 is 0. The molecule has 0 aliphatic carbocycles. The summed E-state index contributed by atoms with van der Waals surface area (Å²) < 4.78 is 10.9.